The van der Waals surface area contributed by atoms with Crippen LogP contribution in [0, 0.1) is 0 Å². The van der Waals surface area contributed by atoms with E-state index in [4.69, 9.17) is 39.5 Å². The number of nitrogens with one attached hydrogen (secondary N) is 2. The van der Waals surface area contributed by atoms with E-state index >= 15 is 0 Å². The molecule has 0 saturated carbocycles. The van der Waals surface area contributed by atoms with E-state index in [2.05, 4.69) is 20.7 Å². The zero-order valence-electron chi connectivity index (χ0n) is 19.3. The van der Waals surface area contributed by atoms with Crippen molar-refractivity contribution >= 4 is 63.6 Å². The zero-order chi connectivity index (χ0) is 26.0. The Bertz CT molecular complexity index is 1430. The highest BCUT2D eigenvalue weighted by Gasteiger charge is 2.25. The average molecular weight is 565 g/mol. The van der Waals surface area contributed by atoms with Gasteiger partial charge in [0.25, 0.3) is 11.8 Å². The molecule has 0 unspecified atom stereocenters. The number of amides is 2. The Morgan fingerprint density at radius 3 is 2.50 bits per heavy atom. The maximum atomic E-state index is 13.5. The number of benzene rings is 1. The van der Waals surface area contributed by atoms with Crippen molar-refractivity contribution in [1.82, 2.24) is 20.1 Å². The Hall–Kier alpha value is -3.11. The van der Waals surface area contributed by atoms with Crippen LogP contribution in [-0.4, -0.2) is 32.1 Å². The molecule has 0 aliphatic carbocycles. The van der Waals surface area contributed by atoms with Gasteiger partial charge in [-0.05, 0) is 56.5 Å². The van der Waals surface area contributed by atoms with E-state index < -0.39 is 17.4 Å². The van der Waals surface area contributed by atoms with E-state index in [-0.39, 0.29) is 43.7 Å². The highest BCUT2D eigenvalue weighted by Crippen LogP contribution is 2.32. The minimum absolute atomic E-state index is 0.0500. The van der Waals surface area contributed by atoms with Crippen molar-refractivity contribution in [2.45, 2.75) is 26.3 Å². The molecule has 4 rings (SSSR count). The normalized spacial score (nSPS) is 11.3. The summed E-state index contributed by atoms with van der Waals surface area (Å²) in [6, 6.07) is 9.36. The van der Waals surface area contributed by atoms with Crippen LogP contribution >= 0.6 is 46.1 Å². The van der Waals surface area contributed by atoms with Gasteiger partial charge in [-0.3, -0.25) is 9.59 Å². The number of carbonyl (C=O) groups is 2. The van der Waals surface area contributed by atoms with E-state index in [0.29, 0.717) is 5.75 Å². The van der Waals surface area contributed by atoms with Gasteiger partial charge in [0.2, 0.25) is 5.88 Å². The topological polar surface area (TPSA) is 98.1 Å². The fraction of sp³-hybridized carbons (Fsp3) is 0.167. The Morgan fingerprint density at radius 1 is 1.06 bits per heavy atom. The van der Waals surface area contributed by atoms with Crippen molar-refractivity contribution in [3.63, 3.8) is 0 Å². The van der Waals surface area contributed by atoms with Gasteiger partial charge in [0.05, 0.1) is 21.3 Å². The molecule has 3 aromatic heterocycles. The Kier molecular flexibility index (Phi) is 7.56. The molecule has 3 heterocycles. The molecule has 4 aromatic rings. The number of anilines is 1. The van der Waals surface area contributed by atoms with Crippen molar-refractivity contribution in [3.05, 3.63) is 79.7 Å². The molecule has 36 heavy (non-hydrogen) atoms. The maximum Gasteiger partial charge on any atom is 0.274 e. The van der Waals surface area contributed by atoms with Crippen molar-refractivity contribution in [2.75, 3.05) is 5.32 Å². The third-order valence-corrected chi connectivity index (χ3v) is 6.08. The van der Waals surface area contributed by atoms with Gasteiger partial charge >= 0.3 is 0 Å². The maximum absolute atomic E-state index is 13.5. The van der Waals surface area contributed by atoms with Crippen LogP contribution < -0.4 is 15.4 Å². The van der Waals surface area contributed by atoms with Gasteiger partial charge in [-0.25, -0.2) is 9.67 Å². The van der Waals surface area contributed by atoms with Gasteiger partial charge in [0.1, 0.15) is 11.4 Å². The van der Waals surface area contributed by atoms with Crippen LogP contribution in [0.15, 0.2) is 53.4 Å². The molecule has 0 aliphatic heterocycles. The molecule has 186 valence electrons. The van der Waals surface area contributed by atoms with Crippen molar-refractivity contribution < 1.29 is 14.3 Å². The van der Waals surface area contributed by atoms with Crippen molar-refractivity contribution in [2.24, 2.45) is 0 Å². The first-order valence-electron chi connectivity index (χ1n) is 10.6. The number of halogens is 3. The number of carbonyl (C=O) groups excluding carboxylic acids is 2. The minimum Gasteiger partial charge on any atom is -0.437 e. The Balaban J connectivity index is 1.75. The average Bonchev–Trinajstić information content (AvgIpc) is 3.45. The number of rotatable bonds is 6. The molecular weight excluding hydrogens is 545 g/mol. The first-order chi connectivity index (χ1) is 17.0. The number of thiophene rings is 1. The first-order valence-corrected chi connectivity index (χ1v) is 12.6. The molecule has 1 aromatic carbocycles. The predicted molar refractivity (Wildman–Crippen MR) is 142 cm³/mol. The highest BCUT2D eigenvalue weighted by molar-refractivity contribution is 7.08. The van der Waals surface area contributed by atoms with Crippen molar-refractivity contribution in [3.8, 4) is 17.4 Å². The summed E-state index contributed by atoms with van der Waals surface area (Å²) in [5, 5.41) is 14.2. The quantitative estimate of drug-likeness (QED) is 0.266. The molecule has 0 saturated heterocycles. The predicted octanol–water partition coefficient (Wildman–Crippen LogP) is 6.86. The minimum atomic E-state index is -0.626. The third-order valence-electron chi connectivity index (χ3n) is 4.60. The summed E-state index contributed by atoms with van der Waals surface area (Å²) in [6.45, 7) is 5.50. The number of hydrogen-bond donors (Lipinski definition) is 2. The van der Waals surface area contributed by atoms with Gasteiger partial charge < -0.3 is 15.4 Å². The number of pyridine rings is 1. The lowest BCUT2D eigenvalue weighted by molar-refractivity contribution is 0.0920. The summed E-state index contributed by atoms with van der Waals surface area (Å²) in [5.74, 6) is -0.153. The molecule has 2 N–H and O–H groups in total. The van der Waals surface area contributed by atoms with Gasteiger partial charge in [-0.15, -0.1) is 16.4 Å². The molecule has 0 fully saturated rings. The van der Waals surface area contributed by atoms with E-state index in [1.807, 2.05) is 26.2 Å². The summed E-state index contributed by atoms with van der Waals surface area (Å²) in [7, 11) is 0. The fourth-order valence-corrected chi connectivity index (χ4v) is 4.46. The lowest BCUT2D eigenvalue weighted by Gasteiger charge is -2.22. The molecule has 0 radical (unpaired) electrons. The molecule has 8 nitrogen and oxygen atoms in total. The molecule has 0 spiro atoms. The second-order valence-electron chi connectivity index (χ2n) is 8.62. The summed E-state index contributed by atoms with van der Waals surface area (Å²) in [4.78, 5) is 30.7. The SMILES string of the molecule is CC(C)(C)NC(=O)c1cc(Cl)cc(Cl)c1NC(=O)c1cc(Oc2ccsc2)nn1-c1ncccc1Cl. The van der Waals surface area contributed by atoms with Crippen LogP contribution in [0.1, 0.15) is 41.6 Å². The van der Waals surface area contributed by atoms with Crippen LogP contribution in [-0.2, 0) is 0 Å². The standard InChI is InChI=1S/C24H20Cl3N5O3S/c1-24(2,3)30-22(33)15-9-13(25)10-17(27)20(15)29-23(34)18-11-19(35-14-6-8-36-12-14)31-32(18)21-16(26)5-4-7-28-21/h4-12H,1-3H3,(H,29,34)(H,30,33). The summed E-state index contributed by atoms with van der Waals surface area (Å²) >= 11 is 20.3. The highest BCUT2D eigenvalue weighted by atomic mass is 35.5. The fourth-order valence-electron chi connectivity index (χ4n) is 3.16. The molecule has 0 bridgehead atoms. The number of hydrogen-bond acceptors (Lipinski definition) is 6. The van der Waals surface area contributed by atoms with Gasteiger partial charge in [0, 0.05) is 28.2 Å². The first kappa shape index (κ1) is 26.0. The van der Waals surface area contributed by atoms with Gasteiger partial charge in [0.15, 0.2) is 5.82 Å². The Labute approximate surface area is 226 Å². The summed E-state index contributed by atoms with van der Waals surface area (Å²) in [5.41, 5.74) is -0.287. The second kappa shape index (κ2) is 10.5. The Morgan fingerprint density at radius 2 is 1.83 bits per heavy atom. The number of ether oxygens (including phenoxy) is 1. The second-order valence-corrected chi connectivity index (χ2v) is 10.6. The van der Waals surface area contributed by atoms with E-state index in [1.165, 1.54) is 40.4 Å². The molecular formula is C24H20Cl3N5O3S. The van der Waals surface area contributed by atoms with Crippen LogP contribution in [0.4, 0.5) is 5.69 Å². The van der Waals surface area contributed by atoms with E-state index in [9.17, 15) is 9.59 Å². The zero-order valence-corrected chi connectivity index (χ0v) is 22.4. The van der Waals surface area contributed by atoms with Crippen LogP contribution in [0.3, 0.4) is 0 Å². The smallest absolute Gasteiger partial charge is 0.274 e. The molecule has 0 atom stereocenters. The lowest BCUT2D eigenvalue weighted by atomic mass is 10.1. The molecule has 0 aliphatic rings. The third kappa shape index (κ3) is 5.99. The lowest BCUT2D eigenvalue weighted by Crippen LogP contribution is -2.41. The van der Waals surface area contributed by atoms with E-state index in [1.54, 1.807) is 23.6 Å². The molecule has 2 amide bonds. The summed E-state index contributed by atoms with van der Waals surface area (Å²) < 4.78 is 7.04. The molecule has 12 heteroatoms. The van der Waals surface area contributed by atoms with Crippen LogP contribution in [0.25, 0.3) is 5.82 Å². The van der Waals surface area contributed by atoms with E-state index in [0.717, 1.165) is 0 Å². The van der Waals surface area contributed by atoms with Crippen LogP contribution in [0.5, 0.6) is 11.6 Å². The number of nitrogens with zero attached hydrogens (tertiary/aromatic N) is 3. The van der Waals surface area contributed by atoms with Crippen LogP contribution in [0.2, 0.25) is 15.1 Å². The van der Waals surface area contributed by atoms with Gasteiger partial charge in [-0.2, -0.15) is 0 Å². The monoisotopic (exact) mass is 563 g/mol. The number of aromatic nitrogens is 3. The largest absolute Gasteiger partial charge is 0.437 e. The summed E-state index contributed by atoms with van der Waals surface area (Å²) in [6.07, 6.45) is 1.52. The van der Waals surface area contributed by atoms with Crippen molar-refractivity contribution in [1.29, 1.82) is 0 Å². The van der Waals surface area contributed by atoms with Gasteiger partial charge in [-0.1, -0.05) is 34.8 Å².